The van der Waals surface area contributed by atoms with E-state index in [1.807, 2.05) is 0 Å². The van der Waals surface area contributed by atoms with Gasteiger partial charge in [0.15, 0.2) is 0 Å². The molecule has 1 rings (SSSR count). The Morgan fingerprint density at radius 3 is 2.32 bits per heavy atom. The van der Waals surface area contributed by atoms with Crippen LogP contribution in [0.4, 0.5) is 0 Å². The zero-order valence-corrected chi connectivity index (χ0v) is 11.5. The third-order valence-electron chi connectivity index (χ3n) is 3.92. The highest BCUT2D eigenvalue weighted by atomic mass is 16.4. The van der Waals surface area contributed by atoms with Crippen LogP contribution in [-0.2, 0) is 9.59 Å². The third-order valence-corrected chi connectivity index (χ3v) is 3.92. The molecule has 5 heteroatoms. The average molecular weight is 271 g/mol. The van der Waals surface area contributed by atoms with E-state index in [0.29, 0.717) is 19.4 Å². The van der Waals surface area contributed by atoms with Crippen molar-refractivity contribution in [3.05, 3.63) is 0 Å². The van der Waals surface area contributed by atoms with Crippen molar-refractivity contribution in [3.63, 3.8) is 0 Å². The predicted molar refractivity (Wildman–Crippen MR) is 71.7 cm³/mol. The topological polar surface area (TPSA) is 86.6 Å². The number of aliphatic hydroxyl groups is 1. The van der Waals surface area contributed by atoms with Crippen LogP contribution >= 0.6 is 0 Å². The molecule has 19 heavy (non-hydrogen) atoms. The minimum absolute atomic E-state index is 0.0995. The summed E-state index contributed by atoms with van der Waals surface area (Å²) < 4.78 is 0. The van der Waals surface area contributed by atoms with Crippen LogP contribution in [0.3, 0.4) is 0 Å². The molecule has 0 aliphatic heterocycles. The molecule has 1 saturated carbocycles. The number of hydrogen-bond donors (Lipinski definition) is 3. The minimum atomic E-state index is -0.840. The quantitative estimate of drug-likeness (QED) is 0.586. The van der Waals surface area contributed by atoms with Gasteiger partial charge in [-0.05, 0) is 32.1 Å². The lowest BCUT2D eigenvalue weighted by Gasteiger charge is -2.32. The molecule has 0 radical (unpaired) electrons. The molecule has 0 aromatic carbocycles. The number of unbranched alkanes of at least 4 members (excludes halogenated alkanes) is 2. The molecule has 0 heterocycles. The van der Waals surface area contributed by atoms with E-state index in [-0.39, 0.29) is 18.9 Å². The molecule has 0 bridgehead atoms. The van der Waals surface area contributed by atoms with Gasteiger partial charge in [-0.2, -0.15) is 0 Å². The number of carboxylic acids is 1. The van der Waals surface area contributed by atoms with Crippen molar-refractivity contribution in [2.45, 2.75) is 57.8 Å². The molecule has 3 N–H and O–H groups in total. The summed E-state index contributed by atoms with van der Waals surface area (Å²) in [5, 5.41) is 20.8. The van der Waals surface area contributed by atoms with E-state index in [4.69, 9.17) is 5.11 Å². The van der Waals surface area contributed by atoms with E-state index in [0.717, 1.165) is 38.5 Å². The molecule has 1 aliphatic rings. The van der Waals surface area contributed by atoms with Crippen LogP contribution in [0.15, 0.2) is 0 Å². The molecule has 0 spiro atoms. The van der Waals surface area contributed by atoms with Crippen molar-refractivity contribution in [2.24, 2.45) is 5.41 Å². The van der Waals surface area contributed by atoms with Gasteiger partial charge in [-0.15, -0.1) is 0 Å². The molecule has 0 aromatic heterocycles. The third kappa shape index (κ3) is 5.19. The number of hydrogen-bond acceptors (Lipinski definition) is 3. The number of rotatable bonds is 8. The first-order valence-electron chi connectivity index (χ1n) is 7.22. The van der Waals surface area contributed by atoms with E-state index in [1.54, 1.807) is 0 Å². The van der Waals surface area contributed by atoms with Gasteiger partial charge in [0.2, 0.25) is 5.91 Å². The van der Waals surface area contributed by atoms with Crippen LogP contribution in [0, 0.1) is 5.41 Å². The van der Waals surface area contributed by atoms with Gasteiger partial charge in [0.05, 0.1) is 5.41 Å². The number of carbonyl (C=O) groups is 2. The van der Waals surface area contributed by atoms with Gasteiger partial charge in [0, 0.05) is 19.6 Å². The van der Waals surface area contributed by atoms with E-state index < -0.39 is 11.4 Å². The minimum Gasteiger partial charge on any atom is -0.481 e. The molecular weight excluding hydrogens is 246 g/mol. The Morgan fingerprint density at radius 2 is 1.74 bits per heavy atom. The molecule has 110 valence electrons. The van der Waals surface area contributed by atoms with Gasteiger partial charge in [-0.1, -0.05) is 19.3 Å². The summed E-state index contributed by atoms with van der Waals surface area (Å²) in [7, 11) is 0. The average Bonchev–Trinajstić information content (AvgIpc) is 2.39. The van der Waals surface area contributed by atoms with Gasteiger partial charge in [0.25, 0.3) is 0 Å². The maximum absolute atomic E-state index is 11.8. The molecule has 1 amide bonds. The first kappa shape index (κ1) is 16.0. The van der Waals surface area contributed by atoms with Gasteiger partial charge in [-0.25, -0.2) is 0 Å². The molecule has 5 nitrogen and oxygen atoms in total. The number of carbonyl (C=O) groups excluding carboxylic acids is 1. The maximum atomic E-state index is 11.8. The second kappa shape index (κ2) is 8.15. The standard InChI is InChI=1S/C14H25NO4/c16-10-6-2-5-9-15-12(17)11-14(13(18)19)7-3-1-4-8-14/h16H,1-11H2,(H,15,17)(H,18,19). The summed E-state index contributed by atoms with van der Waals surface area (Å²) in [6.07, 6.45) is 6.63. The lowest BCUT2D eigenvalue weighted by Crippen LogP contribution is -2.39. The Morgan fingerprint density at radius 1 is 1.05 bits per heavy atom. The summed E-state index contributed by atoms with van der Waals surface area (Å²) in [5.74, 6) is -0.990. The second-order valence-electron chi connectivity index (χ2n) is 5.46. The molecular formula is C14H25NO4. The Balaban J connectivity index is 2.33. The van der Waals surface area contributed by atoms with Gasteiger partial charge in [0.1, 0.15) is 0 Å². The van der Waals surface area contributed by atoms with Crippen LogP contribution in [0.1, 0.15) is 57.8 Å². The first-order chi connectivity index (χ1) is 9.10. The van der Waals surface area contributed by atoms with Gasteiger partial charge in [-0.3, -0.25) is 9.59 Å². The highest BCUT2D eigenvalue weighted by molar-refractivity contribution is 5.85. The van der Waals surface area contributed by atoms with Crippen molar-refractivity contribution in [2.75, 3.05) is 13.2 Å². The summed E-state index contributed by atoms with van der Waals surface area (Å²) in [6.45, 7) is 0.741. The molecule has 1 aliphatic carbocycles. The van der Waals surface area contributed by atoms with E-state index in [2.05, 4.69) is 5.32 Å². The largest absolute Gasteiger partial charge is 0.481 e. The fraction of sp³-hybridized carbons (Fsp3) is 0.857. The van der Waals surface area contributed by atoms with E-state index >= 15 is 0 Å². The zero-order chi connectivity index (χ0) is 14.1. The summed E-state index contributed by atoms with van der Waals surface area (Å²) in [5.41, 5.74) is -0.840. The number of aliphatic carboxylic acids is 1. The monoisotopic (exact) mass is 271 g/mol. The van der Waals surface area contributed by atoms with Crippen LogP contribution in [0.25, 0.3) is 0 Å². The summed E-state index contributed by atoms with van der Waals surface area (Å²) >= 11 is 0. The number of nitrogens with one attached hydrogen (secondary N) is 1. The van der Waals surface area contributed by atoms with Gasteiger partial charge < -0.3 is 15.5 Å². The molecule has 0 aromatic rings. The fourth-order valence-corrected chi connectivity index (χ4v) is 2.71. The van der Waals surface area contributed by atoms with Gasteiger partial charge >= 0.3 is 5.97 Å². The van der Waals surface area contributed by atoms with Crippen molar-refractivity contribution in [1.82, 2.24) is 5.32 Å². The normalized spacial score (nSPS) is 17.9. The number of amides is 1. The maximum Gasteiger partial charge on any atom is 0.310 e. The van der Waals surface area contributed by atoms with Crippen molar-refractivity contribution >= 4 is 11.9 Å². The molecule has 0 atom stereocenters. The number of carboxylic acid groups (broad SMARTS) is 1. The summed E-state index contributed by atoms with van der Waals surface area (Å²) in [6, 6.07) is 0. The lowest BCUT2D eigenvalue weighted by atomic mass is 9.71. The van der Waals surface area contributed by atoms with Crippen LogP contribution in [-0.4, -0.2) is 35.2 Å². The number of aliphatic hydroxyl groups excluding tert-OH is 1. The fourth-order valence-electron chi connectivity index (χ4n) is 2.71. The SMILES string of the molecule is O=C(CC1(C(=O)O)CCCCC1)NCCCCCO. The Labute approximate surface area is 114 Å². The van der Waals surface area contributed by atoms with E-state index in [1.165, 1.54) is 0 Å². The molecule has 0 saturated heterocycles. The molecule has 0 unspecified atom stereocenters. The van der Waals surface area contributed by atoms with Crippen LogP contribution < -0.4 is 5.32 Å². The Hall–Kier alpha value is -1.10. The predicted octanol–water partition coefficient (Wildman–Crippen LogP) is 1.69. The smallest absolute Gasteiger partial charge is 0.310 e. The van der Waals surface area contributed by atoms with E-state index in [9.17, 15) is 14.7 Å². The van der Waals surface area contributed by atoms with Crippen molar-refractivity contribution in [3.8, 4) is 0 Å². The van der Waals surface area contributed by atoms with Crippen LogP contribution in [0.2, 0.25) is 0 Å². The molecule has 1 fully saturated rings. The highest BCUT2D eigenvalue weighted by Crippen LogP contribution is 2.39. The Bertz CT molecular complexity index is 298. The zero-order valence-electron chi connectivity index (χ0n) is 11.5. The Kier molecular flexibility index (Phi) is 6.84. The second-order valence-corrected chi connectivity index (χ2v) is 5.46. The van der Waals surface area contributed by atoms with Crippen molar-refractivity contribution < 1.29 is 19.8 Å². The first-order valence-corrected chi connectivity index (χ1v) is 7.22. The van der Waals surface area contributed by atoms with Crippen LogP contribution in [0.5, 0.6) is 0 Å². The summed E-state index contributed by atoms with van der Waals surface area (Å²) in [4.78, 5) is 23.2. The highest BCUT2D eigenvalue weighted by Gasteiger charge is 2.41. The lowest BCUT2D eigenvalue weighted by molar-refractivity contribution is -0.154. The van der Waals surface area contributed by atoms with Crippen molar-refractivity contribution in [1.29, 1.82) is 0 Å².